The van der Waals surface area contributed by atoms with Crippen molar-refractivity contribution in [2.24, 2.45) is 0 Å². The van der Waals surface area contributed by atoms with Crippen LogP contribution in [0.1, 0.15) is 33.6 Å². The largest absolute Gasteiger partial charge is 0.497 e. The third-order valence-electron chi connectivity index (χ3n) is 5.76. The Bertz CT molecular complexity index is 1150. The Morgan fingerprint density at radius 3 is 1.86 bits per heavy atom. The second-order valence-corrected chi connectivity index (χ2v) is 8.10. The third kappa shape index (κ3) is 7.43. The minimum atomic E-state index is 0.651. The molecule has 0 spiro atoms. The summed E-state index contributed by atoms with van der Waals surface area (Å²) < 4.78 is 10.9. The number of ether oxygens (including phenoxy) is 2. The van der Waals surface area contributed by atoms with Crippen molar-refractivity contribution in [1.29, 1.82) is 0 Å². The second kappa shape index (κ2) is 14.7. The van der Waals surface area contributed by atoms with Crippen molar-refractivity contribution in [2.75, 3.05) is 26.8 Å². The lowest BCUT2D eigenvalue weighted by molar-refractivity contribution is 0.340. The Kier molecular flexibility index (Phi) is 11.0. The zero-order valence-electron chi connectivity index (χ0n) is 22.0. The van der Waals surface area contributed by atoms with Crippen LogP contribution in [-0.4, -0.2) is 31.8 Å². The van der Waals surface area contributed by atoms with Crippen molar-refractivity contribution < 1.29 is 9.47 Å². The van der Waals surface area contributed by atoms with Gasteiger partial charge in [0.1, 0.15) is 11.5 Å². The molecule has 5 rings (SSSR count). The summed E-state index contributed by atoms with van der Waals surface area (Å²) in [6.07, 6.45) is 2.78. The SMILES string of the molecule is C1CCNC1.CC.CCOc1ccc(-c2nc(-c3ccccc3)ccc2-c2ccc(OC)cc2)cc1. The predicted molar refractivity (Wildman–Crippen MR) is 152 cm³/mol. The first kappa shape index (κ1) is 27.0. The average molecular weight is 483 g/mol. The molecule has 3 aromatic carbocycles. The van der Waals surface area contributed by atoms with Gasteiger partial charge in [-0.05, 0) is 80.9 Å². The van der Waals surface area contributed by atoms with Gasteiger partial charge < -0.3 is 14.8 Å². The molecule has 0 amide bonds. The molecule has 1 aliphatic rings. The van der Waals surface area contributed by atoms with Gasteiger partial charge in [0, 0.05) is 16.7 Å². The van der Waals surface area contributed by atoms with Gasteiger partial charge in [-0.1, -0.05) is 62.4 Å². The van der Waals surface area contributed by atoms with Crippen LogP contribution in [0.5, 0.6) is 11.5 Å². The summed E-state index contributed by atoms with van der Waals surface area (Å²) in [4.78, 5) is 5.04. The summed E-state index contributed by atoms with van der Waals surface area (Å²) in [5, 5.41) is 3.22. The van der Waals surface area contributed by atoms with Crippen molar-refractivity contribution in [1.82, 2.24) is 10.3 Å². The van der Waals surface area contributed by atoms with Gasteiger partial charge in [0.05, 0.1) is 25.1 Å². The lowest BCUT2D eigenvalue weighted by Crippen LogP contribution is -2.03. The predicted octanol–water partition coefficient (Wildman–Crippen LogP) is 7.89. The number of rotatable bonds is 6. The molecule has 0 saturated carbocycles. The molecule has 188 valence electrons. The van der Waals surface area contributed by atoms with Gasteiger partial charge in [-0.25, -0.2) is 4.98 Å². The zero-order chi connectivity index (χ0) is 25.6. The fourth-order valence-electron chi connectivity index (χ4n) is 3.95. The van der Waals surface area contributed by atoms with Gasteiger partial charge in [-0.3, -0.25) is 0 Å². The molecule has 1 N–H and O–H groups in total. The van der Waals surface area contributed by atoms with Crippen LogP contribution in [0.15, 0.2) is 91.0 Å². The summed E-state index contributed by atoms with van der Waals surface area (Å²) in [5.74, 6) is 1.70. The van der Waals surface area contributed by atoms with Crippen molar-refractivity contribution in [3.8, 4) is 45.1 Å². The van der Waals surface area contributed by atoms with E-state index in [4.69, 9.17) is 14.5 Å². The van der Waals surface area contributed by atoms with Gasteiger partial charge in [-0.2, -0.15) is 0 Å². The summed E-state index contributed by atoms with van der Waals surface area (Å²) >= 11 is 0. The van der Waals surface area contributed by atoms with Gasteiger partial charge in [0.25, 0.3) is 0 Å². The summed E-state index contributed by atoms with van der Waals surface area (Å²) in [6, 6.07) is 30.7. The number of nitrogens with one attached hydrogen (secondary N) is 1. The Labute approximate surface area is 216 Å². The van der Waals surface area contributed by atoms with E-state index >= 15 is 0 Å². The molecule has 0 unspecified atom stereocenters. The molecule has 4 heteroatoms. The molecule has 0 radical (unpaired) electrons. The standard InChI is InChI=1S/C26H23NO2.C4H9N.C2H6/c1-3-29-23-15-11-21(12-16-23)26-24(19-9-13-22(28-2)14-10-19)17-18-25(27-26)20-7-5-4-6-8-20;1-2-4-5-3-1;1-2/h4-18H,3H2,1-2H3;5H,1-4H2;1-2H3. The normalized spacial score (nSPS) is 12.0. The van der Waals surface area contributed by atoms with Gasteiger partial charge in [0.15, 0.2) is 0 Å². The fourth-order valence-corrected chi connectivity index (χ4v) is 3.95. The quantitative estimate of drug-likeness (QED) is 0.303. The first-order chi connectivity index (χ1) is 17.8. The molecule has 1 aliphatic heterocycles. The minimum absolute atomic E-state index is 0.651. The van der Waals surface area contributed by atoms with E-state index in [1.807, 2.05) is 63.2 Å². The second-order valence-electron chi connectivity index (χ2n) is 8.10. The smallest absolute Gasteiger partial charge is 0.119 e. The van der Waals surface area contributed by atoms with Crippen LogP contribution >= 0.6 is 0 Å². The topological polar surface area (TPSA) is 43.4 Å². The van der Waals surface area contributed by atoms with Gasteiger partial charge in [-0.15, -0.1) is 0 Å². The Morgan fingerprint density at radius 2 is 1.31 bits per heavy atom. The lowest BCUT2D eigenvalue weighted by atomic mass is 9.97. The van der Waals surface area contributed by atoms with Gasteiger partial charge >= 0.3 is 0 Å². The molecule has 36 heavy (non-hydrogen) atoms. The van der Waals surface area contributed by atoms with Crippen LogP contribution in [0.2, 0.25) is 0 Å². The fraction of sp³-hybridized carbons (Fsp3) is 0.281. The number of pyridine rings is 1. The monoisotopic (exact) mass is 482 g/mol. The number of aromatic nitrogens is 1. The summed E-state index contributed by atoms with van der Waals surface area (Å²) in [7, 11) is 1.68. The van der Waals surface area contributed by atoms with E-state index in [2.05, 4.69) is 53.8 Å². The Hall–Kier alpha value is -3.63. The number of methoxy groups -OCH3 is 1. The molecule has 2 heterocycles. The van der Waals surface area contributed by atoms with Crippen molar-refractivity contribution >= 4 is 0 Å². The summed E-state index contributed by atoms with van der Waals surface area (Å²) in [5.41, 5.74) is 6.22. The molecule has 0 atom stereocenters. The van der Waals surface area contributed by atoms with E-state index in [1.165, 1.54) is 25.9 Å². The van der Waals surface area contributed by atoms with E-state index in [1.54, 1.807) is 7.11 Å². The maximum atomic E-state index is 5.60. The Balaban J connectivity index is 0.000000452. The number of hydrogen-bond acceptors (Lipinski definition) is 4. The van der Waals surface area contributed by atoms with Crippen LogP contribution in [0.25, 0.3) is 33.6 Å². The van der Waals surface area contributed by atoms with Crippen LogP contribution in [0.3, 0.4) is 0 Å². The van der Waals surface area contributed by atoms with E-state index in [0.29, 0.717) is 6.61 Å². The summed E-state index contributed by atoms with van der Waals surface area (Å²) in [6.45, 7) is 9.14. The molecule has 0 bridgehead atoms. The highest BCUT2D eigenvalue weighted by atomic mass is 16.5. The number of hydrogen-bond donors (Lipinski definition) is 1. The molecular weight excluding hydrogens is 444 g/mol. The molecule has 4 aromatic rings. The molecular formula is C32H38N2O2. The van der Waals surface area contributed by atoms with Crippen LogP contribution < -0.4 is 14.8 Å². The molecule has 4 nitrogen and oxygen atoms in total. The van der Waals surface area contributed by atoms with Crippen molar-refractivity contribution in [3.05, 3.63) is 91.0 Å². The highest BCUT2D eigenvalue weighted by molar-refractivity contribution is 5.83. The first-order valence-corrected chi connectivity index (χ1v) is 12.9. The highest BCUT2D eigenvalue weighted by Gasteiger charge is 2.12. The molecule has 1 fully saturated rings. The van der Waals surface area contributed by atoms with E-state index in [9.17, 15) is 0 Å². The number of benzene rings is 3. The molecule has 1 aromatic heterocycles. The van der Waals surface area contributed by atoms with E-state index in [-0.39, 0.29) is 0 Å². The van der Waals surface area contributed by atoms with E-state index in [0.717, 1.165) is 45.1 Å². The Morgan fingerprint density at radius 1 is 0.694 bits per heavy atom. The van der Waals surface area contributed by atoms with Crippen LogP contribution in [0, 0.1) is 0 Å². The maximum absolute atomic E-state index is 5.60. The van der Waals surface area contributed by atoms with Crippen LogP contribution in [-0.2, 0) is 0 Å². The van der Waals surface area contributed by atoms with Crippen LogP contribution in [0.4, 0.5) is 0 Å². The van der Waals surface area contributed by atoms with Crippen molar-refractivity contribution in [2.45, 2.75) is 33.6 Å². The average Bonchev–Trinajstić information content (AvgIpc) is 3.56. The molecule has 0 aliphatic carbocycles. The maximum Gasteiger partial charge on any atom is 0.119 e. The highest BCUT2D eigenvalue weighted by Crippen LogP contribution is 2.34. The zero-order valence-corrected chi connectivity index (χ0v) is 22.0. The van der Waals surface area contributed by atoms with Crippen molar-refractivity contribution in [3.63, 3.8) is 0 Å². The minimum Gasteiger partial charge on any atom is -0.497 e. The first-order valence-electron chi connectivity index (χ1n) is 12.9. The molecule has 1 saturated heterocycles. The van der Waals surface area contributed by atoms with Gasteiger partial charge in [0.2, 0.25) is 0 Å². The number of nitrogens with zero attached hydrogens (tertiary/aromatic N) is 1. The lowest BCUT2D eigenvalue weighted by Gasteiger charge is -2.13. The van der Waals surface area contributed by atoms with E-state index < -0.39 is 0 Å². The third-order valence-corrected chi connectivity index (χ3v) is 5.76.